The molecule has 0 radical (unpaired) electrons. The predicted molar refractivity (Wildman–Crippen MR) is 221 cm³/mol. The molecular weight excluding hydrogens is 737 g/mol. The van der Waals surface area contributed by atoms with Gasteiger partial charge in [-0.1, -0.05) is 122 Å². The Morgan fingerprint density at radius 1 is 0.690 bits per heavy atom. The van der Waals surface area contributed by atoms with Crippen LogP contribution in [0.25, 0.3) is 10.9 Å². The second-order valence-electron chi connectivity index (χ2n) is 13.5. The molecule has 0 aliphatic carbocycles. The molecule has 1 aromatic heterocycles. The lowest BCUT2D eigenvalue weighted by Crippen LogP contribution is -2.54. The highest BCUT2D eigenvalue weighted by atomic mass is 16.7. The largest absolute Gasteiger partial charge is 0.353 e. The van der Waals surface area contributed by atoms with Crippen LogP contribution >= 0.6 is 0 Å². The zero-order valence-corrected chi connectivity index (χ0v) is 33.3. The van der Waals surface area contributed by atoms with Crippen LogP contribution in [0.4, 0.5) is 4.79 Å². The van der Waals surface area contributed by atoms with Gasteiger partial charge in [0, 0.05) is 42.8 Å². The molecular formula is C45H52N6O7. The van der Waals surface area contributed by atoms with E-state index in [2.05, 4.69) is 31.7 Å². The Morgan fingerprint density at radius 3 is 1.81 bits per heavy atom. The summed E-state index contributed by atoms with van der Waals surface area (Å²) in [6.07, 6.45) is 0.497. The maximum absolute atomic E-state index is 14.7. The number of hydrogen-bond donors (Lipinski definition) is 5. The van der Waals surface area contributed by atoms with Crippen molar-refractivity contribution in [2.75, 3.05) is 26.4 Å². The summed E-state index contributed by atoms with van der Waals surface area (Å²) in [7, 11) is 0. The van der Waals surface area contributed by atoms with E-state index in [4.69, 9.17) is 14.3 Å². The second-order valence-corrected chi connectivity index (χ2v) is 13.5. The molecule has 0 saturated carbocycles. The van der Waals surface area contributed by atoms with Crippen molar-refractivity contribution in [1.29, 1.82) is 0 Å². The van der Waals surface area contributed by atoms with Gasteiger partial charge in [-0.15, -0.1) is 0 Å². The molecule has 0 saturated heterocycles. The molecule has 0 fully saturated rings. The zero-order chi connectivity index (χ0) is 41.3. The predicted octanol–water partition coefficient (Wildman–Crippen LogP) is 5.66. The van der Waals surface area contributed by atoms with Gasteiger partial charge in [0.15, 0.2) is 12.9 Å². The molecule has 13 nitrogen and oxygen atoms in total. The first-order valence-electron chi connectivity index (χ1n) is 19.5. The summed E-state index contributed by atoms with van der Waals surface area (Å²) in [5.74, 6) is -2.39. The summed E-state index contributed by atoms with van der Waals surface area (Å²) >= 11 is 0. The van der Waals surface area contributed by atoms with Gasteiger partial charge in [-0.3, -0.25) is 24.2 Å². The molecule has 1 unspecified atom stereocenters. The number of para-hydroxylation sites is 1. The van der Waals surface area contributed by atoms with E-state index in [0.717, 1.165) is 22.1 Å². The molecule has 0 bridgehead atoms. The topological polar surface area (TPSA) is 169 Å². The summed E-state index contributed by atoms with van der Waals surface area (Å²) < 4.78 is 12.0. The van der Waals surface area contributed by atoms with Crippen molar-refractivity contribution in [3.05, 3.63) is 150 Å². The Kier molecular flexibility index (Phi) is 15.9. The van der Waals surface area contributed by atoms with E-state index >= 15 is 0 Å². The van der Waals surface area contributed by atoms with Crippen LogP contribution in [0.3, 0.4) is 0 Å². The van der Waals surface area contributed by atoms with Crippen LogP contribution in [0.1, 0.15) is 62.4 Å². The van der Waals surface area contributed by atoms with Crippen LogP contribution in [0.2, 0.25) is 0 Å². The number of urea groups is 1. The maximum atomic E-state index is 14.7. The number of carbonyl (C=O) groups excluding carboxylic acids is 4. The number of carbonyl (C=O) groups is 4. The van der Waals surface area contributed by atoms with Crippen molar-refractivity contribution in [3.63, 3.8) is 0 Å². The van der Waals surface area contributed by atoms with Gasteiger partial charge >= 0.3 is 6.03 Å². The maximum Gasteiger partial charge on any atom is 0.338 e. The monoisotopic (exact) mass is 788 g/mol. The van der Waals surface area contributed by atoms with Crippen LogP contribution in [0, 0.1) is 5.92 Å². The zero-order valence-electron chi connectivity index (χ0n) is 33.3. The van der Waals surface area contributed by atoms with Gasteiger partial charge in [0.2, 0.25) is 17.7 Å². The molecule has 5 N–H and O–H groups in total. The molecule has 13 heteroatoms. The lowest BCUT2D eigenvalue weighted by atomic mass is 9.77. The van der Waals surface area contributed by atoms with Crippen molar-refractivity contribution in [2.45, 2.75) is 58.0 Å². The van der Waals surface area contributed by atoms with E-state index in [1.54, 1.807) is 13.1 Å². The normalized spacial score (nSPS) is 12.9. The quantitative estimate of drug-likeness (QED) is 0.0383. The summed E-state index contributed by atoms with van der Waals surface area (Å²) in [5, 5.41) is 12.5. The van der Waals surface area contributed by atoms with Gasteiger partial charge in [-0.2, -0.15) is 0 Å². The third-order valence-electron chi connectivity index (χ3n) is 9.61. The lowest BCUT2D eigenvalue weighted by molar-refractivity contribution is -0.170. The number of hydroxylamine groups is 1. The summed E-state index contributed by atoms with van der Waals surface area (Å²) in [6, 6.07) is 35.3. The van der Waals surface area contributed by atoms with Gasteiger partial charge in [0.05, 0.1) is 18.0 Å². The third kappa shape index (κ3) is 10.8. The average Bonchev–Trinajstić information content (AvgIpc) is 3.25. The van der Waals surface area contributed by atoms with E-state index in [-0.39, 0.29) is 0 Å². The SMILES string of the molecule is CCNC(=O)NOCC(=O)NC(CC(=O)NC(c1ccccc1)(c1ccccc1)c1ccccc1)C(=O)N[C@H](c1cccc2cccnc12)[C@H](C)C(OCC)OCC. The highest BCUT2D eigenvalue weighted by Crippen LogP contribution is 2.37. The van der Waals surface area contributed by atoms with Gasteiger partial charge in [-0.25, -0.2) is 10.3 Å². The number of fused-ring (bicyclic) bond motifs is 1. The number of nitrogens with one attached hydrogen (secondary N) is 5. The van der Waals surface area contributed by atoms with Gasteiger partial charge < -0.3 is 30.7 Å². The van der Waals surface area contributed by atoms with Gasteiger partial charge in [-0.05, 0) is 43.5 Å². The minimum absolute atomic E-state index is 0.342. The summed E-state index contributed by atoms with van der Waals surface area (Å²) in [5.41, 5.74) is 4.67. The highest BCUT2D eigenvalue weighted by Gasteiger charge is 2.40. The van der Waals surface area contributed by atoms with Gasteiger partial charge in [0.1, 0.15) is 11.6 Å². The fourth-order valence-corrected chi connectivity index (χ4v) is 7.00. The van der Waals surface area contributed by atoms with E-state index in [0.29, 0.717) is 30.8 Å². The number of aromatic nitrogens is 1. The number of ether oxygens (including phenoxy) is 2. The van der Waals surface area contributed by atoms with E-state index in [1.165, 1.54) is 0 Å². The standard InChI is InChI=1S/C45H52N6O7/c1-5-46-44(55)51-58-30-39(53)48-37(42(54)49-40(31(4)43(56-6-2)57-7-3)36-27-17-19-32-20-18-28-47-41(32)36)29-38(52)50-45(33-21-11-8-12-22-33,34-23-13-9-14-24-34)35-25-15-10-16-26-35/h8-28,31,37,40,43H,5-7,29-30H2,1-4H3,(H,48,53)(H,49,54)(H,50,52)(H2,46,51,55)/t31-,37?,40-/m0/s1. The number of hydrogen-bond acceptors (Lipinski definition) is 8. The molecule has 1 heterocycles. The molecule has 0 aliphatic rings. The van der Waals surface area contributed by atoms with Crippen LogP contribution < -0.4 is 26.7 Å². The van der Waals surface area contributed by atoms with Crippen LogP contribution in [0.5, 0.6) is 0 Å². The molecule has 3 atom stereocenters. The molecule has 5 rings (SSSR count). The van der Waals surface area contributed by atoms with E-state index < -0.39 is 66.6 Å². The van der Waals surface area contributed by atoms with Crippen molar-refractivity contribution in [2.24, 2.45) is 5.92 Å². The Hall–Kier alpha value is -6.15. The lowest BCUT2D eigenvalue weighted by Gasteiger charge is -2.37. The Bertz CT molecular complexity index is 1980. The fraction of sp³-hybridized carbons (Fsp3) is 0.311. The number of benzene rings is 4. The van der Waals surface area contributed by atoms with Crippen molar-refractivity contribution in [3.8, 4) is 0 Å². The van der Waals surface area contributed by atoms with E-state index in [9.17, 15) is 19.2 Å². The number of pyridine rings is 1. The summed E-state index contributed by atoms with van der Waals surface area (Å²) in [6.45, 7) is 7.78. The highest BCUT2D eigenvalue weighted by molar-refractivity contribution is 5.93. The Labute approximate surface area is 339 Å². The number of rotatable bonds is 20. The molecule has 5 aromatic rings. The first-order valence-corrected chi connectivity index (χ1v) is 19.5. The van der Waals surface area contributed by atoms with Crippen molar-refractivity contribution >= 4 is 34.7 Å². The van der Waals surface area contributed by atoms with Crippen molar-refractivity contribution < 1.29 is 33.5 Å². The molecule has 58 heavy (non-hydrogen) atoms. The molecule has 0 aliphatic heterocycles. The minimum Gasteiger partial charge on any atom is -0.353 e. The average molecular weight is 789 g/mol. The van der Waals surface area contributed by atoms with Crippen LogP contribution in [-0.4, -0.2) is 67.4 Å². The molecule has 4 aromatic carbocycles. The molecule has 0 spiro atoms. The second kappa shape index (κ2) is 21.4. The summed E-state index contributed by atoms with van der Waals surface area (Å²) in [4.78, 5) is 64.4. The number of amides is 5. The van der Waals surface area contributed by atoms with E-state index in [1.807, 2.05) is 142 Å². The minimum atomic E-state index is -1.41. The molecule has 304 valence electrons. The smallest absolute Gasteiger partial charge is 0.338 e. The molecule has 5 amide bonds. The Morgan fingerprint density at radius 2 is 1.26 bits per heavy atom. The first-order chi connectivity index (χ1) is 28.2. The first kappa shape index (κ1) is 43.0. The van der Waals surface area contributed by atoms with Crippen LogP contribution in [-0.2, 0) is 34.2 Å². The van der Waals surface area contributed by atoms with Gasteiger partial charge in [0.25, 0.3) is 0 Å². The van der Waals surface area contributed by atoms with Crippen LogP contribution in [0.15, 0.2) is 128 Å². The third-order valence-corrected chi connectivity index (χ3v) is 9.61. The fourth-order valence-electron chi connectivity index (χ4n) is 7.00. The Balaban J connectivity index is 1.53. The number of nitrogens with zero attached hydrogens (tertiary/aromatic N) is 1. The van der Waals surface area contributed by atoms with Crippen molar-refractivity contribution in [1.82, 2.24) is 31.7 Å².